The molecule has 0 N–H and O–H groups in total. The number of hydrogen-bond donors (Lipinski definition) is 0. The van der Waals surface area contributed by atoms with Crippen LogP contribution in [0.2, 0.25) is 0 Å². The van der Waals surface area contributed by atoms with Crippen LogP contribution in [0.3, 0.4) is 0 Å². The second-order valence-corrected chi connectivity index (χ2v) is 8.69. The highest BCUT2D eigenvalue weighted by Gasteiger charge is 2.25. The molecule has 146 valence electrons. The van der Waals surface area contributed by atoms with Crippen LogP contribution < -0.4 is 0 Å². The van der Waals surface area contributed by atoms with Crippen molar-refractivity contribution < 1.29 is 9.53 Å². The van der Waals surface area contributed by atoms with Crippen LogP contribution in [0.5, 0.6) is 0 Å². The van der Waals surface area contributed by atoms with Crippen molar-refractivity contribution in [3.63, 3.8) is 0 Å². The highest BCUT2D eigenvalue weighted by Crippen LogP contribution is 2.16. The average Bonchev–Trinajstić information content (AvgIpc) is 3.15. The molecule has 0 radical (unpaired) electrons. The van der Waals surface area contributed by atoms with Gasteiger partial charge >= 0.3 is 0 Å². The van der Waals surface area contributed by atoms with E-state index in [9.17, 15) is 4.79 Å². The Bertz CT molecular complexity index is 688. The van der Waals surface area contributed by atoms with E-state index in [0.29, 0.717) is 18.9 Å². The molecule has 0 spiro atoms. The molecule has 2 aromatic rings. The Morgan fingerprint density at radius 2 is 2.07 bits per heavy atom. The van der Waals surface area contributed by atoms with Crippen molar-refractivity contribution >= 4 is 17.2 Å². The maximum atomic E-state index is 12.9. The summed E-state index contributed by atoms with van der Waals surface area (Å²) >= 11 is 1.80. The fourth-order valence-electron chi connectivity index (χ4n) is 3.50. The predicted molar refractivity (Wildman–Crippen MR) is 111 cm³/mol. The molecule has 0 saturated carbocycles. The molecule has 4 nitrogen and oxygen atoms in total. The van der Waals surface area contributed by atoms with Gasteiger partial charge < -0.3 is 9.64 Å². The van der Waals surface area contributed by atoms with Crippen LogP contribution in [0.1, 0.15) is 24.3 Å². The van der Waals surface area contributed by atoms with Crippen LogP contribution in [0.25, 0.3) is 0 Å². The molecule has 1 amide bonds. The number of benzene rings is 1. The van der Waals surface area contributed by atoms with Crippen molar-refractivity contribution in [2.75, 3.05) is 32.8 Å². The lowest BCUT2D eigenvalue weighted by Gasteiger charge is -2.36. The van der Waals surface area contributed by atoms with E-state index in [0.717, 1.165) is 38.3 Å². The molecule has 2 heterocycles. The van der Waals surface area contributed by atoms with Gasteiger partial charge in [-0.15, -0.1) is 11.3 Å². The summed E-state index contributed by atoms with van der Waals surface area (Å²) in [5, 5.41) is 2.12. The summed E-state index contributed by atoms with van der Waals surface area (Å²) in [5.74, 6) is 0.629. The van der Waals surface area contributed by atoms with Gasteiger partial charge in [0.25, 0.3) is 0 Å². The van der Waals surface area contributed by atoms with Gasteiger partial charge in [-0.3, -0.25) is 9.69 Å². The van der Waals surface area contributed by atoms with Crippen molar-refractivity contribution in [1.82, 2.24) is 9.80 Å². The lowest BCUT2D eigenvalue weighted by molar-refractivity contribution is -0.134. The highest BCUT2D eigenvalue weighted by molar-refractivity contribution is 7.09. The van der Waals surface area contributed by atoms with E-state index in [2.05, 4.69) is 36.3 Å². The molecule has 1 saturated heterocycles. The Morgan fingerprint density at radius 3 is 2.78 bits per heavy atom. The zero-order valence-electron chi connectivity index (χ0n) is 16.3. The van der Waals surface area contributed by atoms with Crippen LogP contribution >= 0.6 is 11.3 Å². The molecule has 1 fully saturated rings. The summed E-state index contributed by atoms with van der Waals surface area (Å²) < 4.78 is 6.01. The average molecular weight is 387 g/mol. The van der Waals surface area contributed by atoms with Gasteiger partial charge in [-0.05, 0) is 22.9 Å². The lowest BCUT2D eigenvalue weighted by atomic mass is 10.1. The van der Waals surface area contributed by atoms with E-state index in [-0.39, 0.29) is 12.0 Å². The maximum Gasteiger partial charge on any atom is 0.227 e. The standard InChI is InChI=1S/C22H30N2O2S/c1-18(2)14-24(22(25)13-19-7-4-3-5-8-19)16-20-15-23(10-11-26-20)17-21-9-6-12-27-21/h3-9,12,18,20H,10-11,13-17H2,1-2H3. The summed E-state index contributed by atoms with van der Waals surface area (Å²) in [7, 11) is 0. The molecule has 0 bridgehead atoms. The van der Waals surface area contributed by atoms with Gasteiger partial charge in [0.15, 0.2) is 0 Å². The monoisotopic (exact) mass is 386 g/mol. The normalized spacial score (nSPS) is 18.0. The number of carbonyl (C=O) groups excluding carboxylic acids is 1. The predicted octanol–water partition coefficient (Wildman–Crippen LogP) is 3.68. The number of thiophene rings is 1. The summed E-state index contributed by atoms with van der Waals surface area (Å²) in [5.41, 5.74) is 1.07. The van der Waals surface area contributed by atoms with E-state index in [1.165, 1.54) is 4.88 Å². The number of amides is 1. The van der Waals surface area contributed by atoms with Gasteiger partial charge in [-0.2, -0.15) is 0 Å². The van der Waals surface area contributed by atoms with Crippen LogP contribution in [-0.4, -0.2) is 54.6 Å². The fourth-order valence-corrected chi connectivity index (χ4v) is 4.25. The van der Waals surface area contributed by atoms with Gasteiger partial charge in [0, 0.05) is 37.6 Å². The molecular weight excluding hydrogens is 356 g/mol. The van der Waals surface area contributed by atoms with E-state index >= 15 is 0 Å². The van der Waals surface area contributed by atoms with Crippen molar-refractivity contribution in [3.05, 3.63) is 58.3 Å². The van der Waals surface area contributed by atoms with E-state index < -0.39 is 0 Å². The van der Waals surface area contributed by atoms with E-state index in [1.807, 2.05) is 35.2 Å². The molecular formula is C22H30N2O2S. The van der Waals surface area contributed by atoms with Crippen LogP contribution in [-0.2, 0) is 22.5 Å². The zero-order valence-corrected chi connectivity index (χ0v) is 17.2. The molecule has 1 aromatic heterocycles. The number of carbonyl (C=O) groups is 1. The van der Waals surface area contributed by atoms with Gasteiger partial charge in [-0.25, -0.2) is 0 Å². The molecule has 1 aliphatic rings. The first-order valence-electron chi connectivity index (χ1n) is 9.78. The van der Waals surface area contributed by atoms with Crippen LogP contribution in [0.15, 0.2) is 47.8 Å². The molecule has 1 aliphatic heterocycles. The molecule has 1 atom stereocenters. The molecule has 27 heavy (non-hydrogen) atoms. The summed E-state index contributed by atoms with van der Waals surface area (Å²) in [6.45, 7) is 9.31. The molecule has 3 rings (SSSR count). The Kier molecular flexibility index (Phi) is 7.44. The summed E-state index contributed by atoms with van der Waals surface area (Å²) in [4.78, 5) is 18.7. The van der Waals surface area contributed by atoms with Crippen molar-refractivity contribution in [2.45, 2.75) is 32.9 Å². The Balaban J connectivity index is 1.58. The minimum atomic E-state index is 0.0807. The van der Waals surface area contributed by atoms with Gasteiger partial charge in [0.05, 0.1) is 19.1 Å². The topological polar surface area (TPSA) is 32.8 Å². The number of morpholine rings is 1. The van der Waals surface area contributed by atoms with E-state index in [4.69, 9.17) is 4.74 Å². The first-order chi connectivity index (χ1) is 13.1. The number of ether oxygens (including phenoxy) is 1. The zero-order chi connectivity index (χ0) is 19.1. The van der Waals surface area contributed by atoms with Gasteiger partial charge in [-0.1, -0.05) is 50.2 Å². The largest absolute Gasteiger partial charge is 0.374 e. The molecule has 5 heteroatoms. The fraction of sp³-hybridized carbons (Fsp3) is 0.500. The summed E-state index contributed by atoms with van der Waals surface area (Å²) in [6, 6.07) is 14.3. The minimum absolute atomic E-state index is 0.0807. The first-order valence-corrected chi connectivity index (χ1v) is 10.7. The third-order valence-electron chi connectivity index (χ3n) is 4.74. The number of rotatable bonds is 8. The minimum Gasteiger partial charge on any atom is -0.374 e. The van der Waals surface area contributed by atoms with Gasteiger partial charge in [0.2, 0.25) is 5.91 Å². The quantitative estimate of drug-likeness (QED) is 0.694. The van der Waals surface area contributed by atoms with Gasteiger partial charge in [0.1, 0.15) is 0 Å². The third kappa shape index (κ3) is 6.45. The lowest BCUT2D eigenvalue weighted by Crippen LogP contribution is -2.49. The Labute approximate surface area is 166 Å². The smallest absolute Gasteiger partial charge is 0.227 e. The summed E-state index contributed by atoms with van der Waals surface area (Å²) in [6.07, 6.45) is 0.538. The maximum absolute atomic E-state index is 12.9. The number of hydrogen-bond acceptors (Lipinski definition) is 4. The molecule has 1 unspecified atom stereocenters. The highest BCUT2D eigenvalue weighted by atomic mass is 32.1. The van der Waals surface area contributed by atoms with E-state index in [1.54, 1.807) is 11.3 Å². The SMILES string of the molecule is CC(C)CN(CC1CN(Cc2cccs2)CCO1)C(=O)Cc1ccccc1. The second kappa shape index (κ2) is 10.0. The van der Waals surface area contributed by atoms with Crippen LogP contribution in [0.4, 0.5) is 0 Å². The Morgan fingerprint density at radius 1 is 1.26 bits per heavy atom. The second-order valence-electron chi connectivity index (χ2n) is 7.66. The van der Waals surface area contributed by atoms with Crippen molar-refractivity contribution in [1.29, 1.82) is 0 Å². The Hall–Kier alpha value is -1.69. The van der Waals surface area contributed by atoms with Crippen LogP contribution in [0, 0.1) is 5.92 Å². The van der Waals surface area contributed by atoms with Crippen molar-refractivity contribution in [3.8, 4) is 0 Å². The third-order valence-corrected chi connectivity index (χ3v) is 5.60. The molecule has 1 aromatic carbocycles. The molecule has 0 aliphatic carbocycles. The van der Waals surface area contributed by atoms with Crippen molar-refractivity contribution in [2.24, 2.45) is 5.92 Å². The first kappa shape index (κ1) is 20.1. The number of nitrogens with zero attached hydrogens (tertiary/aromatic N) is 2.